The number of halogens is 1. The van der Waals surface area contributed by atoms with Crippen LogP contribution < -0.4 is 4.74 Å². The van der Waals surface area contributed by atoms with Crippen molar-refractivity contribution in [3.63, 3.8) is 0 Å². The van der Waals surface area contributed by atoms with Crippen LogP contribution in [0.2, 0.25) is 5.02 Å². The molecule has 7 heteroatoms. The second kappa shape index (κ2) is 8.51. The summed E-state index contributed by atoms with van der Waals surface area (Å²) in [4.78, 5) is 18.7. The summed E-state index contributed by atoms with van der Waals surface area (Å²) in [7, 11) is 1.58. The van der Waals surface area contributed by atoms with E-state index in [9.17, 15) is 4.79 Å². The van der Waals surface area contributed by atoms with Crippen LogP contribution in [-0.4, -0.2) is 34.6 Å². The first-order valence-electron chi connectivity index (χ1n) is 8.23. The Balaban J connectivity index is 1.76. The molecule has 0 unspecified atom stereocenters. The van der Waals surface area contributed by atoms with Gasteiger partial charge >= 0.3 is 0 Å². The maximum absolute atomic E-state index is 12.8. The first-order valence-corrected chi connectivity index (χ1v) is 8.61. The SMILES string of the molecule is C=CCN(Cc1nc(-c2ccc(Cl)cc2)no1)C(=O)c1ccc(OC)cc1. The highest BCUT2D eigenvalue weighted by Gasteiger charge is 2.19. The van der Waals surface area contributed by atoms with Crippen molar-refractivity contribution in [2.45, 2.75) is 6.54 Å². The van der Waals surface area contributed by atoms with Gasteiger partial charge in [0.1, 0.15) is 12.3 Å². The number of hydrogen-bond acceptors (Lipinski definition) is 5. The van der Waals surface area contributed by atoms with Crippen molar-refractivity contribution in [3.8, 4) is 17.1 Å². The number of ether oxygens (including phenoxy) is 1. The highest BCUT2D eigenvalue weighted by Crippen LogP contribution is 2.20. The zero-order chi connectivity index (χ0) is 19.2. The van der Waals surface area contributed by atoms with E-state index in [1.807, 2.05) is 0 Å². The third-order valence-electron chi connectivity index (χ3n) is 3.87. The molecule has 0 atom stereocenters. The number of carbonyl (C=O) groups is 1. The first kappa shape index (κ1) is 18.7. The Bertz CT molecular complexity index is 920. The van der Waals surface area contributed by atoms with Gasteiger partial charge in [0, 0.05) is 22.7 Å². The van der Waals surface area contributed by atoms with Crippen LogP contribution in [0.1, 0.15) is 16.2 Å². The number of benzene rings is 2. The maximum atomic E-state index is 12.8. The highest BCUT2D eigenvalue weighted by atomic mass is 35.5. The van der Waals surface area contributed by atoms with Gasteiger partial charge in [-0.1, -0.05) is 22.8 Å². The van der Waals surface area contributed by atoms with Crippen molar-refractivity contribution >= 4 is 17.5 Å². The van der Waals surface area contributed by atoms with Gasteiger partial charge < -0.3 is 14.2 Å². The van der Waals surface area contributed by atoms with E-state index in [0.29, 0.717) is 34.6 Å². The highest BCUT2D eigenvalue weighted by molar-refractivity contribution is 6.30. The Labute approximate surface area is 162 Å². The summed E-state index contributed by atoms with van der Waals surface area (Å²) in [5, 5.41) is 4.60. The molecule has 1 heterocycles. The summed E-state index contributed by atoms with van der Waals surface area (Å²) in [6.07, 6.45) is 1.65. The lowest BCUT2D eigenvalue weighted by Gasteiger charge is -2.19. The molecule has 1 amide bonds. The standard InChI is InChI=1S/C20H18ClN3O3/c1-3-12-24(20(25)15-6-10-17(26-2)11-7-15)13-18-22-19(23-27-18)14-4-8-16(21)9-5-14/h3-11H,1,12-13H2,2H3. The molecule has 1 aromatic heterocycles. The van der Waals surface area contributed by atoms with Gasteiger partial charge in [-0.15, -0.1) is 6.58 Å². The molecule has 27 heavy (non-hydrogen) atoms. The van der Waals surface area contributed by atoms with Crippen molar-refractivity contribution in [1.29, 1.82) is 0 Å². The van der Waals surface area contributed by atoms with Crippen LogP contribution >= 0.6 is 11.6 Å². The van der Waals surface area contributed by atoms with Crippen molar-refractivity contribution in [2.75, 3.05) is 13.7 Å². The van der Waals surface area contributed by atoms with Crippen LogP contribution in [0, 0.1) is 0 Å². The minimum Gasteiger partial charge on any atom is -0.497 e. The van der Waals surface area contributed by atoms with E-state index in [1.165, 1.54) is 0 Å². The lowest BCUT2D eigenvalue weighted by atomic mass is 10.2. The second-order valence-corrected chi connectivity index (χ2v) is 6.16. The number of rotatable bonds is 7. The van der Waals surface area contributed by atoms with Crippen LogP contribution in [0.15, 0.2) is 65.7 Å². The molecule has 0 N–H and O–H groups in total. The molecule has 3 aromatic rings. The van der Waals surface area contributed by atoms with E-state index >= 15 is 0 Å². The van der Waals surface area contributed by atoms with Gasteiger partial charge in [0.15, 0.2) is 0 Å². The van der Waals surface area contributed by atoms with Gasteiger partial charge in [-0.2, -0.15) is 4.98 Å². The number of aromatic nitrogens is 2. The molecule has 2 aromatic carbocycles. The Hall–Kier alpha value is -3.12. The molecule has 0 bridgehead atoms. The normalized spacial score (nSPS) is 10.4. The molecule has 0 radical (unpaired) electrons. The summed E-state index contributed by atoms with van der Waals surface area (Å²) >= 11 is 5.89. The fraction of sp³-hybridized carbons (Fsp3) is 0.150. The molecule has 0 spiro atoms. The van der Waals surface area contributed by atoms with Crippen LogP contribution in [0.3, 0.4) is 0 Å². The summed E-state index contributed by atoms with van der Waals surface area (Å²) in [5.74, 6) is 1.30. The molecule has 0 aliphatic carbocycles. The molecule has 3 rings (SSSR count). The number of methoxy groups -OCH3 is 1. The summed E-state index contributed by atoms with van der Waals surface area (Å²) in [5.41, 5.74) is 1.32. The van der Waals surface area contributed by atoms with Gasteiger partial charge in [-0.3, -0.25) is 4.79 Å². The lowest BCUT2D eigenvalue weighted by Crippen LogP contribution is -2.30. The zero-order valence-electron chi connectivity index (χ0n) is 14.8. The van der Waals surface area contributed by atoms with Crippen molar-refractivity contribution < 1.29 is 14.1 Å². The predicted molar refractivity (Wildman–Crippen MR) is 103 cm³/mol. The summed E-state index contributed by atoms with van der Waals surface area (Å²) in [6.45, 7) is 4.24. The smallest absolute Gasteiger partial charge is 0.254 e. The van der Waals surface area contributed by atoms with E-state index in [1.54, 1.807) is 66.6 Å². The van der Waals surface area contributed by atoms with Gasteiger partial charge in [-0.05, 0) is 48.5 Å². The van der Waals surface area contributed by atoms with Crippen LogP contribution in [0.5, 0.6) is 5.75 Å². The molecule has 138 valence electrons. The van der Waals surface area contributed by atoms with Crippen molar-refractivity contribution in [3.05, 3.63) is 77.7 Å². The maximum Gasteiger partial charge on any atom is 0.254 e. The van der Waals surface area contributed by atoms with E-state index in [-0.39, 0.29) is 12.5 Å². The molecule has 0 aliphatic heterocycles. The van der Waals surface area contributed by atoms with Crippen LogP contribution in [-0.2, 0) is 6.54 Å². The van der Waals surface area contributed by atoms with Gasteiger partial charge in [0.25, 0.3) is 5.91 Å². The Morgan fingerprint density at radius 3 is 2.56 bits per heavy atom. The Kier molecular flexibility index (Phi) is 5.88. The van der Waals surface area contributed by atoms with E-state index in [4.69, 9.17) is 20.9 Å². The first-order chi connectivity index (χ1) is 13.1. The third-order valence-corrected chi connectivity index (χ3v) is 4.12. The zero-order valence-corrected chi connectivity index (χ0v) is 15.5. The molecule has 0 saturated carbocycles. The molecule has 0 aliphatic rings. The molecular formula is C20H18ClN3O3. The van der Waals surface area contributed by atoms with Gasteiger partial charge in [-0.25, -0.2) is 0 Å². The molecular weight excluding hydrogens is 366 g/mol. The monoisotopic (exact) mass is 383 g/mol. The van der Waals surface area contributed by atoms with E-state index < -0.39 is 0 Å². The van der Waals surface area contributed by atoms with Gasteiger partial charge in [0.05, 0.1) is 7.11 Å². The third kappa shape index (κ3) is 4.54. The Morgan fingerprint density at radius 2 is 1.93 bits per heavy atom. The quantitative estimate of drug-likeness (QED) is 0.571. The molecule has 0 fully saturated rings. The minimum atomic E-state index is -0.163. The fourth-order valence-electron chi connectivity index (χ4n) is 2.49. The van der Waals surface area contributed by atoms with E-state index in [0.717, 1.165) is 5.56 Å². The van der Waals surface area contributed by atoms with E-state index in [2.05, 4.69) is 16.7 Å². The van der Waals surface area contributed by atoms with Crippen LogP contribution in [0.25, 0.3) is 11.4 Å². The average Bonchev–Trinajstić information content (AvgIpc) is 3.16. The molecule has 6 nitrogen and oxygen atoms in total. The predicted octanol–water partition coefficient (Wildman–Crippen LogP) is 4.23. The number of amides is 1. The van der Waals surface area contributed by atoms with Crippen LogP contribution in [0.4, 0.5) is 0 Å². The molecule has 0 saturated heterocycles. The number of hydrogen-bond donors (Lipinski definition) is 0. The largest absolute Gasteiger partial charge is 0.497 e. The van der Waals surface area contributed by atoms with Crippen molar-refractivity contribution in [2.24, 2.45) is 0 Å². The number of nitrogens with zero attached hydrogens (tertiary/aromatic N) is 3. The summed E-state index contributed by atoms with van der Waals surface area (Å²) in [6, 6.07) is 14.0. The van der Waals surface area contributed by atoms with Crippen molar-refractivity contribution in [1.82, 2.24) is 15.0 Å². The Morgan fingerprint density at radius 1 is 1.22 bits per heavy atom. The summed E-state index contributed by atoms with van der Waals surface area (Å²) < 4.78 is 10.4. The fourth-order valence-corrected chi connectivity index (χ4v) is 2.62. The lowest BCUT2D eigenvalue weighted by molar-refractivity contribution is 0.0745. The minimum absolute atomic E-state index is 0.163. The van der Waals surface area contributed by atoms with Gasteiger partial charge in [0.2, 0.25) is 11.7 Å². The number of carbonyl (C=O) groups excluding carboxylic acids is 1. The average molecular weight is 384 g/mol. The second-order valence-electron chi connectivity index (χ2n) is 5.72. The topological polar surface area (TPSA) is 68.5 Å².